The fourth-order valence-corrected chi connectivity index (χ4v) is 3.68. The maximum atomic E-state index is 12.3. The maximum absolute atomic E-state index is 12.3. The van der Waals surface area contributed by atoms with Gasteiger partial charge >= 0.3 is 0 Å². The van der Waals surface area contributed by atoms with E-state index in [1.807, 2.05) is 19.2 Å². The Labute approximate surface area is 128 Å². The smallest absolute Gasteiger partial charge is 0.240 e. The van der Waals surface area contributed by atoms with Crippen molar-refractivity contribution in [1.82, 2.24) is 10.0 Å². The van der Waals surface area contributed by atoms with E-state index in [1.165, 1.54) is 0 Å². The van der Waals surface area contributed by atoms with E-state index in [0.717, 1.165) is 31.4 Å². The molecule has 1 aromatic carbocycles. The third kappa shape index (κ3) is 4.05. The molecule has 118 valence electrons. The molecule has 0 spiro atoms. The number of benzene rings is 1. The first-order valence-corrected chi connectivity index (χ1v) is 9.11. The van der Waals surface area contributed by atoms with Gasteiger partial charge in [-0.1, -0.05) is 26.0 Å². The normalized spacial score (nSPS) is 17.1. The molecule has 0 saturated heterocycles. The van der Waals surface area contributed by atoms with Gasteiger partial charge in [-0.15, -0.1) is 0 Å². The van der Waals surface area contributed by atoms with Crippen molar-refractivity contribution in [2.75, 3.05) is 20.1 Å². The second-order valence-electron chi connectivity index (χ2n) is 6.34. The molecule has 0 unspecified atom stereocenters. The van der Waals surface area contributed by atoms with Crippen LogP contribution < -0.4 is 10.0 Å². The highest BCUT2D eigenvalue weighted by atomic mass is 32.2. The van der Waals surface area contributed by atoms with Gasteiger partial charge in [0, 0.05) is 6.54 Å². The minimum Gasteiger partial charge on any atom is -0.319 e. The largest absolute Gasteiger partial charge is 0.319 e. The Bertz CT molecular complexity index is 560. The molecule has 2 rings (SSSR count). The third-order valence-electron chi connectivity index (χ3n) is 4.63. The molecule has 0 atom stereocenters. The minimum atomic E-state index is -3.39. The van der Waals surface area contributed by atoms with Crippen LogP contribution in [0.3, 0.4) is 0 Å². The number of hydrogen-bond acceptors (Lipinski definition) is 3. The van der Waals surface area contributed by atoms with Crippen LogP contribution in [-0.4, -0.2) is 28.6 Å². The summed E-state index contributed by atoms with van der Waals surface area (Å²) in [6, 6.07) is 7.17. The quantitative estimate of drug-likeness (QED) is 0.773. The molecule has 0 aliphatic heterocycles. The Balaban J connectivity index is 1.99. The van der Waals surface area contributed by atoms with Crippen molar-refractivity contribution in [3.05, 3.63) is 29.8 Å². The summed E-state index contributed by atoms with van der Waals surface area (Å²) in [5.41, 5.74) is 1.32. The number of likely N-dealkylation sites (N-methyl/N-ethyl adjacent to an activating group) is 1. The van der Waals surface area contributed by atoms with Crippen molar-refractivity contribution < 1.29 is 8.42 Å². The summed E-state index contributed by atoms with van der Waals surface area (Å²) in [6.07, 6.45) is 3.15. The summed E-state index contributed by atoms with van der Waals surface area (Å²) < 4.78 is 27.4. The Morgan fingerprint density at radius 1 is 1.19 bits per heavy atom. The zero-order chi connectivity index (χ0) is 15.5. The number of sulfonamides is 1. The van der Waals surface area contributed by atoms with Crippen LogP contribution in [0.4, 0.5) is 0 Å². The molecule has 0 bridgehead atoms. The first-order valence-electron chi connectivity index (χ1n) is 7.63. The summed E-state index contributed by atoms with van der Waals surface area (Å²) >= 11 is 0. The summed E-state index contributed by atoms with van der Waals surface area (Å²) in [6.45, 7) is 5.77. The second kappa shape index (κ2) is 6.46. The van der Waals surface area contributed by atoms with Gasteiger partial charge in [0.05, 0.1) is 4.90 Å². The molecule has 0 heterocycles. The van der Waals surface area contributed by atoms with E-state index in [-0.39, 0.29) is 5.41 Å². The second-order valence-corrected chi connectivity index (χ2v) is 8.11. The van der Waals surface area contributed by atoms with Gasteiger partial charge in [-0.2, -0.15) is 0 Å². The Morgan fingerprint density at radius 3 is 2.29 bits per heavy atom. The lowest BCUT2D eigenvalue weighted by Crippen LogP contribution is -2.32. The Morgan fingerprint density at radius 2 is 1.81 bits per heavy atom. The molecule has 1 saturated carbocycles. The molecular formula is C16H26N2O2S. The highest BCUT2D eigenvalue weighted by Gasteiger charge is 2.45. The summed E-state index contributed by atoms with van der Waals surface area (Å²) in [5, 5.41) is 3.08. The molecule has 0 aromatic heterocycles. The number of rotatable bonds is 8. The molecule has 1 fully saturated rings. The van der Waals surface area contributed by atoms with E-state index in [1.54, 1.807) is 12.1 Å². The fraction of sp³-hybridized carbons (Fsp3) is 0.625. The van der Waals surface area contributed by atoms with Crippen molar-refractivity contribution in [2.45, 2.75) is 38.0 Å². The van der Waals surface area contributed by atoms with E-state index in [9.17, 15) is 8.42 Å². The zero-order valence-corrected chi connectivity index (χ0v) is 14.0. The molecule has 1 aliphatic rings. The van der Waals surface area contributed by atoms with Gasteiger partial charge in [-0.3, -0.25) is 0 Å². The van der Waals surface area contributed by atoms with Crippen molar-refractivity contribution in [3.8, 4) is 0 Å². The first kappa shape index (κ1) is 16.5. The molecule has 1 aliphatic carbocycles. The van der Waals surface area contributed by atoms with Crippen LogP contribution in [0.25, 0.3) is 0 Å². The maximum Gasteiger partial charge on any atom is 0.240 e. The standard InChI is InChI=1S/C16H26N2O2S/c1-13(2)16(9-10-16)12-18-21(19,20)15-6-4-14(5-7-15)8-11-17-3/h4-7,13,17-18H,8-12H2,1-3H3. The van der Waals surface area contributed by atoms with Crippen LogP contribution >= 0.6 is 0 Å². The van der Waals surface area contributed by atoms with Crippen LogP contribution in [0.5, 0.6) is 0 Å². The molecule has 1 aromatic rings. The van der Waals surface area contributed by atoms with Gasteiger partial charge in [0.2, 0.25) is 10.0 Å². The highest BCUT2D eigenvalue weighted by Crippen LogP contribution is 2.51. The fourth-order valence-electron chi connectivity index (χ4n) is 2.55. The summed E-state index contributed by atoms with van der Waals surface area (Å²) in [5.74, 6) is 0.518. The number of nitrogens with one attached hydrogen (secondary N) is 2. The molecule has 5 heteroatoms. The van der Waals surface area contributed by atoms with E-state index in [2.05, 4.69) is 23.9 Å². The Kier molecular flexibility index (Phi) is 5.07. The minimum absolute atomic E-state index is 0.180. The average molecular weight is 310 g/mol. The van der Waals surface area contributed by atoms with E-state index in [0.29, 0.717) is 17.4 Å². The molecule has 2 N–H and O–H groups in total. The van der Waals surface area contributed by atoms with Crippen LogP contribution in [0, 0.1) is 11.3 Å². The van der Waals surface area contributed by atoms with Crippen LogP contribution in [-0.2, 0) is 16.4 Å². The van der Waals surface area contributed by atoms with Crippen LogP contribution in [0.2, 0.25) is 0 Å². The van der Waals surface area contributed by atoms with Crippen molar-refractivity contribution >= 4 is 10.0 Å². The number of hydrogen-bond donors (Lipinski definition) is 2. The monoisotopic (exact) mass is 310 g/mol. The molecule has 0 amide bonds. The molecular weight excluding hydrogens is 284 g/mol. The van der Waals surface area contributed by atoms with Crippen molar-refractivity contribution in [3.63, 3.8) is 0 Å². The zero-order valence-electron chi connectivity index (χ0n) is 13.1. The molecule has 21 heavy (non-hydrogen) atoms. The predicted octanol–water partition coefficient (Wildman–Crippen LogP) is 2.16. The molecule has 0 radical (unpaired) electrons. The third-order valence-corrected chi connectivity index (χ3v) is 6.05. The van der Waals surface area contributed by atoms with E-state index in [4.69, 9.17) is 0 Å². The van der Waals surface area contributed by atoms with E-state index >= 15 is 0 Å². The lowest BCUT2D eigenvalue weighted by molar-refractivity contribution is 0.357. The van der Waals surface area contributed by atoms with E-state index < -0.39 is 10.0 Å². The van der Waals surface area contributed by atoms with Gasteiger partial charge in [-0.05, 0) is 61.9 Å². The lowest BCUT2D eigenvalue weighted by Gasteiger charge is -2.20. The average Bonchev–Trinajstić information content (AvgIpc) is 3.25. The SMILES string of the molecule is CNCCc1ccc(S(=O)(=O)NCC2(C(C)C)CC2)cc1. The van der Waals surface area contributed by atoms with Gasteiger partial charge in [0.1, 0.15) is 0 Å². The summed E-state index contributed by atoms with van der Waals surface area (Å²) in [7, 11) is -1.48. The highest BCUT2D eigenvalue weighted by molar-refractivity contribution is 7.89. The van der Waals surface area contributed by atoms with Gasteiger partial charge < -0.3 is 5.32 Å². The van der Waals surface area contributed by atoms with Crippen LogP contribution in [0.15, 0.2) is 29.2 Å². The topological polar surface area (TPSA) is 58.2 Å². The van der Waals surface area contributed by atoms with Gasteiger partial charge in [0.25, 0.3) is 0 Å². The van der Waals surface area contributed by atoms with Crippen LogP contribution in [0.1, 0.15) is 32.3 Å². The summed E-state index contributed by atoms with van der Waals surface area (Å²) in [4.78, 5) is 0.357. The lowest BCUT2D eigenvalue weighted by atomic mass is 9.93. The predicted molar refractivity (Wildman–Crippen MR) is 85.8 cm³/mol. The molecule has 4 nitrogen and oxygen atoms in total. The van der Waals surface area contributed by atoms with Crippen molar-refractivity contribution in [1.29, 1.82) is 0 Å². The first-order chi connectivity index (χ1) is 9.89. The Hall–Kier alpha value is -0.910. The van der Waals surface area contributed by atoms with Crippen molar-refractivity contribution in [2.24, 2.45) is 11.3 Å². The van der Waals surface area contributed by atoms with Gasteiger partial charge in [0.15, 0.2) is 0 Å². The van der Waals surface area contributed by atoms with Gasteiger partial charge in [-0.25, -0.2) is 13.1 Å².